The molecule has 1 unspecified atom stereocenters. The van der Waals surface area contributed by atoms with Gasteiger partial charge in [0, 0.05) is 51.6 Å². The summed E-state index contributed by atoms with van der Waals surface area (Å²) in [5.41, 5.74) is 3.04. The van der Waals surface area contributed by atoms with E-state index in [-0.39, 0.29) is 24.4 Å². The Morgan fingerprint density at radius 3 is 2.46 bits per heavy atom. The van der Waals surface area contributed by atoms with Gasteiger partial charge in [-0.2, -0.15) is 0 Å². The van der Waals surface area contributed by atoms with Gasteiger partial charge in [-0.3, -0.25) is 9.78 Å². The van der Waals surface area contributed by atoms with Gasteiger partial charge in [-0.15, -0.1) is 0 Å². The van der Waals surface area contributed by atoms with Gasteiger partial charge < -0.3 is 19.6 Å². The molecule has 2 heterocycles. The highest BCUT2D eigenvalue weighted by Gasteiger charge is 2.43. The number of benzene rings is 2. The summed E-state index contributed by atoms with van der Waals surface area (Å²) in [5, 5.41) is 9.39. The van der Waals surface area contributed by atoms with E-state index in [1.807, 2.05) is 37.3 Å². The van der Waals surface area contributed by atoms with Crippen LogP contribution in [0.5, 0.6) is 0 Å². The largest absolute Gasteiger partial charge is 0.438 e. The van der Waals surface area contributed by atoms with Gasteiger partial charge in [0.05, 0.1) is 11.6 Å². The van der Waals surface area contributed by atoms with Crippen LogP contribution in [0.1, 0.15) is 53.7 Å². The third-order valence-electron chi connectivity index (χ3n) is 6.97. The fraction of sp³-hybridized carbons (Fsp3) is 0.345. The number of halogens is 1. The number of nitrogens with zero attached hydrogens (tertiary/aromatic N) is 3. The first-order valence-electron chi connectivity index (χ1n) is 12.4. The number of hydrogen-bond acceptors (Lipinski definition) is 5. The van der Waals surface area contributed by atoms with E-state index in [9.17, 15) is 19.1 Å². The maximum Gasteiger partial charge on any atom is 0.411 e. The van der Waals surface area contributed by atoms with Gasteiger partial charge in [-0.1, -0.05) is 36.4 Å². The summed E-state index contributed by atoms with van der Waals surface area (Å²) >= 11 is 0. The van der Waals surface area contributed by atoms with Gasteiger partial charge in [-0.25, -0.2) is 9.18 Å². The Morgan fingerprint density at radius 1 is 1.14 bits per heavy atom. The lowest BCUT2D eigenvalue weighted by Crippen LogP contribution is -2.48. The minimum Gasteiger partial charge on any atom is -0.438 e. The van der Waals surface area contributed by atoms with Crippen molar-refractivity contribution >= 4 is 12.0 Å². The molecule has 2 aromatic carbocycles. The normalized spacial score (nSPS) is 18.3. The number of hydrogen-bond donors (Lipinski definition) is 1. The molecule has 0 aliphatic carbocycles. The zero-order chi connectivity index (χ0) is 26.6. The molecule has 2 atom stereocenters. The Hall–Kier alpha value is -3.78. The molecule has 1 aliphatic rings. The Labute approximate surface area is 216 Å². The molecule has 194 valence electrons. The molecule has 1 N–H and O–H groups in total. The highest BCUT2D eigenvalue weighted by Crippen LogP contribution is 2.40. The maximum absolute atomic E-state index is 13.5. The van der Waals surface area contributed by atoms with Gasteiger partial charge >= 0.3 is 6.09 Å². The third kappa shape index (κ3) is 5.64. The van der Waals surface area contributed by atoms with E-state index in [4.69, 9.17) is 4.74 Å². The number of carbonyl (C=O) groups excluding carboxylic acids is 2. The molecular formula is C29H32FN3O4. The standard InChI is InChI=1S/C29H32FN3O4/c1-20(21-5-7-22(8-6-21)23-17-24(19-31-18-23)27(35)32(2)3)33-15-14-29(13-4-16-34,37-28(33)36)25-9-11-26(30)12-10-25/h5-12,17-20,34H,4,13-16H2,1-3H3/t20-,29?/m0/s1. The Kier molecular flexibility index (Phi) is 7.88. The van der Waals surface area contributed by atoms with E-state index in [0.717, 1.165) is 22.3 Å². The second-order valence-corrected chi connectivity index (χ2v) is 9.60. The number of aliphatic hydroxyl groups excluding tert-OH is 1. The molecule has 0 saturated carbocycles. The zero-order valence-corrected chi connectivity index (χ0v) is 21.4. The lowest BCUT2D eigenvalue weighted by atomic mass is 9.84. The first kappa shape index (κ1) is 26.3. The average molecular weight is 506 g/mol. The number of aliphatic hydroxyl groups is 1. The minimum absolute atomic E-state index is 0.0192. The molecule has 37 heavy (non-hydrogen) atoms. The van der Waals surface area contributed by atoms with Crippen molar-refractivity contribution in [3.05, 3.63) is 89.5 Å². The summed E-state index contributed by atoms with van der Waals surface area (Å²) in [4.78, 5) is 32.9. The fourth-order valence-electron chi connectivity index (χ4n) is 4.77. The average Bonchev–Trinajstić information content (AvgIpc) is 2.91. The molecular weight excluding hydrogens is 473 g/mol. The quantitative estimate of drug-likeness (QED) is 0.457. The van der Waals surface area contributed by atoms with Crippen LogP contribution in [0.4, 0.5) is 9.18 Å². The summed E-state index contributed by atoms with van der Waals surface area (Å²) < 4.78 is 19.5. The van der Waals surface area contributed by atoms with Crippen molar-refractivity contribution in [1.82, 2.24) is 14.8 Å². The third-order valence-corrected chi connectivity index (χ3v) is 6.97. The van der Waals surface area contributed by atoms with Crippen molar-refractivity contribution in [3.63, 3.8) is 0 Å². The van der Waals surface area contributed by atoms with E-state index >= 15 is 0 Å². The number of carbonyl (C=O) groups is 2. The van der Waals surface area contributed by atoms with Crippen molar-refractivity contribution in [2.75, 3.05) is 27.2 Å². The van der Waals surface area contributed by atoms with Crippen LogP contribution in [0.25, 0.3) is 11.1 Å². The molecule has 7 nitrogen and oxygen atoms in total. The summed E-state index contributed by atoms with van der Waals surface area (Å²) in [7, 11) is 3.40. The topological polar surface area (TPSA) is 83.0 Å². The summed E-state index contributed by atoms with van der Waals surface area (Å²) in [6.07, 6.45) is 4.29. The lowest BCUT2D eigenvalue weighted by molar-refractivity contribution is -0.0680. The van der Waals surface area contributed by atoms with E-state index in [1.165, 1.54) is 17.0 Å². The van der Waals surface area contributed by atoms with Gasteiger partial charge in [0.25, 0.3) is 5.91 Å². The second-order valence-electron chi connectivity index (χ2n) is 9.60. The molecule has 2 amide bonds. The number of rotatable bonds is 8. The van der Waals surface area contributed by atoms with Crippen LogP contribution < -0.4 is 0 Å². The van der Waals surface area contributed by atoms with Crippen molar-refractivity contribution < 1.29 is 23.8 Å². The predicted molar refractivity (Wildman–Crippen MR) is 138 cm³/mol. The summed E-state index contributed by atoms with van der Waals surface area (Å²) in [6.45, 7) is 2.39. The number of aromatic nitrogens is 1. The van der Waals surface area contributed by atoms with E-state index in [2.05, 4.69) is 4.98 Å². The minimum atomic E-state index is -0.893. The van der Waals surface area contributed by atoms with Crippen LogP contribution in [0.15, 0.2) is 67.0 Å². The number of amides is 2. The first-order chi connectivity index (χ1) is 17.7. The van der Waals surface area contributed by atoms with Crippen LogP contribution >= 0.6 is 0 Å². The summed E-state index contributed by atoms with van der Waals surface area (Å²) in [6, 6.07) is 15.4. The van der Waals surface area contributed by atoms with Crippen LogP contribution in [-0.2, 0) is 10.3 Å². The molecule has 0 spiro atoms. The van der Waals surface area contributed by atoms with Gasteiger partial charge in [0.1, 0.15) is 11.4 Å². The molecule has 0 radical (unpaired) electrons. The Bertz CT molecular complexity index is 1250. The predicted octanol–water partition coefficient (Wildman–Crippen LogP) is 5.16. The number of ether oxygens (including phenoxy) is 1. The molecule has 1 aliphatic heterocycles. The van der Waals surface area contributed by atoms with Crippen molar-refractivity contribution in [3.8, 4) is 11.1 Å². The Morgan fingerprint density at radius 2 is 1.84 bits per heavy atom. The van der Waals surface area contributed by atoms with Crippen molar-refractivity contribution in [2.45, 2.75) is 37.8 Å². The number of pyridine rings is 1. The monoisotopic (exact) mass is 505 g/mol. The zero-order valence-electron chi connectivity index (χ0n) is 21.4. The van der Waals surface area contributed by atoms with E-state index in [1.54, 1.807) is 43.5 Å². The highest BCUT2D eigenvalue weighted by atomic mass is 19.1. The second kappa shape index (κ2) is 11.1. The molecule has 1 fully saturated rings. The van der Waals surface area contributed by atoms with Gasteiger partial charge in [-0.05, 0) is 54.7 Å². The van der Waals surface area contributed by atoms with Crippen LogP contribution in [0.3, 0.4) is 0 Å². The van der Waals surface area contributed by atoms with Crippen LogP contribution in [-0.4, -0.2) is 59.1 Å². The maximum atomic E-state index is 13.5. The van der Waals surface area contributed by atoms with Gasteiger partial charge in [0.15, 0.2) is 0 Å². The molecule has 4 rings (SSSR count). The molecule has 8 heteroatoms. The van der Waals surface area contributed by atoms with Gasteiger partial charge in [0.2, 0.25) is 0 Å². The summed E-state index contributed by atoms with van der Waals surface area (Å²) in [5.74, 6) is -0.465. The van der Waals surface area contributed by atoms with E-state index < -0.39 is 11.7 Å². The van der Waals surface area contributed by atoms with E-state index in [0.29, 0.717) is 31.4 Å². The lowest BCUT2D eigenvalue weighted by Gasteiger charge is -2.43. The molecule has 1 saturated heterocycles. The number of cyclic esters (lactones) is 1. The molecule has 3 aromatic rings. The SMILES string of the molecule is C[C@@H](c1ccc(-c2cncc(C(=O)N(C)C)c2)cc1)N1CCC(CCCO)(c2ccc(F)cc2)OC1=O. The molecule has 0 bridgehead atoms. The fourth-order valence-corrected chi connectivity index (χ4v) is 4.77. The van der Waals surface area contributed by atoms with Crippen LogP contribution in [0, 0.1) is 5.82 Å². The van der Waals surface area contributed by atoms with Crippen molar-refractivity contribution in [2.24, 2.45) is 0 Å². The molecule has 1 aromatic heterocycles. The smallest absolute Gasteiger partial charge is 0.411 e. The highest BCUT2D eigenvalue weighted by molar-refractivity contribution is 5.94. The Balaban J connectivity index is 1.50. The van der Waals surface area contributed by atoms with Crippen molar-refractivity contribution in [1.29, 1.82) is 0 Å². The first-order valence-corrected chi connectivity index (χ1v) is 12.4. The van der Waals surface area contributed by atoms with Crippen LogP contribution in [0.2, 0.25) is 0 Å².